The third-order valence-electron chi connectivity index (χ3n) is 3.76. The van der Waals surface area contributed by atoms with Crippen LogP contribution in [-0.2, 0) is 6.54 Å². The highest BCUT2D eigenvalue weighted by molar-refractivity contribution is 5.81. The van der Waals surface area contributed by atoms with Crippen LogP contribution in [0.25, 0.3) is 22.4 Å². The largest absolute Gasteiger partial charge is 0.497 e. The molecule has 120 valence electrons. The molecule has 0 amide bonds. The zero-order valence-corrected chi connectivity index (χ0v) is 13.9. The van der Waals surface area contributed by atoms with Gasteiger partial charge in [-0.3, -0.25) is 9.67 Å². The van der Waals surface area contributed by atoms with Gasteiger partial charge in [-0.25, -0.2) is 0 Å². The number of hydrogen-bond donors (Lipinski definition) is 0. The van der Waals surface area contributed by atoms with Gasteiger partial charge in [0, 0.05) is 29.2 Å². The minimum atomic E-state index is 0.208. The highest BCUT2D eigenvalue weighted by Gasteiger charge is 2.15. The Kier molecular flexibility index (Phi) is 4.30. The maximum Gasteiger partial charge on any atom is 0.128 e. The van der Waals surface area contributed by atoms with E-state index in [2.05, 4.69) is 22.2 Å². The Labute approximate surface area is 141 Å². The first-order valence-electron chi connectivity index (χ1n) is 7.64. The van der Waals surface area contributed by atoms with Crippen LogP contribution in [0.15, 0.2) is 42.7 Å². The van der Waals surface area contributed by atoms with Gasteiger partial charge in [-0.1, -0.05) is 0 Å². The summed E-state index contributed by atoms with van der Waals surface area (Å²) in [4.78, 5) is 4.25. The Morgan fingerprint density at radius 1 is 1.17 bits per heavy atom. The number of hydrogen-bond acceptors (Lipinski definition) is 4. The van der Waals surface area contributed by atoms with Gasteiger partial charge in [0.2, 0.25) is 0 Å². The molecule has 0 aliphatic heterocycles. The molecule has 0 radical (unpaired) electrons. The maximum absolute atomic E-state index is 8.99. The van der Waals surface area contributed by atoms with Gasteiger partial charge in [0.05, 0.1) is 13.2 Å². The molecule has 5 nitrogen and oxygen atoms in total. The lowest BCUT2D eigenvalue weighted by Crippen LogP contribution is -1.95. The van der Waals surface area contributed by atoms with E-state index in [0.717, 1.165) is 39.4 Å². The Hall–Kier alpha value is -3.13. The van der Waals surface area contributed by atoms with Gasteiger partial charge < -0.3 is 4.74 Å². The quantitative estimate of drug-likeness (QED) is 0.734. The van der Waals surface area contributed by atoms with Crippen molar-refractivity contribution < 1.29 is 4.74 Å². The fraction of sp³-hybridized carbons (Fsp3) is 0.211. The van der Waals surface area contributed by atoms with E-state index >= 15 is 0 Å². The van der Waals surface area contributed by atoms with Crippen molar-refractivity contribution >= 4 is 0 Å². The maximum atomic E-state index is 8.99. The van der Waals surface area contributed by atoms with Crippen molar-refractivity contribution in [2.24, 2.45) is 0 Å². The van der Waals surface area contributed by atoms with Crippen LogP contribution in [0.4, 0.5) is 0 Å². The number of pyridine rings is 1. The number of rotatable bonds is 4. The van der Waals surface area contributed by atoms with E-state index in [0.29, 0.717) is 0 Å². The van der Waals surface area contributed by atoms with Crippen molar-refractivity contribution in [3.8, 4) is 34.2 Å². The summed E-state index contributed by atoms with van der Waals surface area (Å²) in [6, 6.07) is 12.1. The molecule has 2 heterocycles. The monoisotopic (exact) mass is 318 g/mol. The minimum Gasteiger partial charge on any atom is -0.497 e. The molecule has 0 saturated carbocycles. The number of aromatic nitrogens is 3. The number of benzene rings is 1. The van der Waals surface area contributed by atoms with Gasteiger partial charge >= 0.3 is 0 Å². The normalized spacial score (nSPS) is 10.4. The first-order valence-corrected chi connectivity index (χ1v) is 7.64. The number of methoxy groups -OCH3 is 1. The number of nitrogens with zero attached hydrogens (tertiary/aromatic N) is 4. The van der Waals surface area contributed by atoms with Crippen LogP contribution in [0.1, 0.15) is 11.3 Å². The molecule has 0 aliphatic rings. The predicted octanol–water partition coefficient (Wildman–Crippen LogP) is 3.76. The van der Waals surface area contributed by atoms with Crippen molar-refractivity contribution in [3.05, 3.63) is 54.0 Å². The summed E-state index contributed by atoms with van der Waals surface area (Å²) in [6.07, 6.45) is 3.69. The first-order chi connectivity index (χ1) is 11.6. The predicted molar refractivity (Wildman–Crippen MR) is 92.5 cm³/mol. The van der Waals surface area contributed by atoms with E-state index in [1.807, 2.05) is 44.3 Å². The molecule has 24 heavy (non-hydrogen) atoms. The standard InChI is InChI=1S/C19H18N4O/c1-13-8-16(11-17(9-13)24-3)19-18(12-23(22-19)7-5-20)15-4-6-21-14(2)10-15/h4,6,8-12H,7H2,1-3H3. The Bertz CT molecular complexity index is 921. The molecule has 0 aliphatic carbocycles. The van der Waals surface area contributed by atoms with E-state index in [1.165, 1.54) is 0 Å². The molecule has 3 rings (SSSR count). The van der Waals surface area contributed by atoms with E-state index in [1.54, 1.807) is 18.0 Å². The third kappa shape index (κ3) is 3.13. The molecule has 0 saturated heterocycles. The van der Waals surface area contributed by atoms with Gasteiger partial charge in [0.25, 0.3) is 0 Å². The van der Waals surface area contributed by atoms with Gasteiger partial charge in [-0.15, -0.1) is 0 Å². The third-order valence-corrected chi connectivity index (χ3v) is 3.76. The average Bonchev–Trinajstić information content (AvgIpc) is 2.98. The smallest absolute Gasteiger partial charge is 0.128 e. The van der Waals surface area contributed by atoms with Crippen LogP contribution in [0.3, 0.4) is 0 Å². The van der Waals surface area contributed by atoms with Crippen LogP contribution in [0, 0.1) is 25.2 Å². The van der Waals surface area contributed by atoms with E-state index in [4.69, 9.17) is 10.00 Å². The molecule has 0 N–H and O–H groups in total. The van der Waals surface area contributed by atoms with Crippen LogP contribution in [-0.4, -0.2) is 21.9 Å². The van der Waals surface area contributed by atoms with Gasteiger partial charge in [0.15, 0.2) is 0 Å². The molecule has 0 unspecified atom stereocenters. The zero-order chi connectivity index (χ0) is 17.1. The molecule has 2 aromatic heterocycles. The molecule has 0 bridgehead atoms. The Morgan fingerprint density at radius 3 is 2.71 bits per heavy atom. The van der Waals surface area contributed by atoms with Crippen LogP contribution >= 0.6 is 0 Å². The van der Waals surface area contributed by atoms with E-state index < -0.39 is 0 Å². The SMILES string of the molecule is COc1cc(C)cc(-c2nn(CC#N)cc2-c2ccnc(C)c2)c1. The fourth-order valence-electron chi connectivity index (χ4n) is 2.71. The second-order valence-electron chi connectivity index (χ2n) is 5.67. The van der Waals surface area contributed by atoms with Crippen molar-refractivity contribution in [3.63, 3.8) is 0 Å². The van der Waals surface area contributed by atoms with Crippen molar-refractivity contribution in [1.29, 1.82) is 5.26 Å². The lowest BCUT2D eigenvalue weighted by Gasteiger charge is -2.07. The Morgan fingerprint density at radius 2 is 2.00 bits per heavy atom. The fourth-order valence-corrected chi connectivity index (χ4v) is 2.71. The van der Waals surface area contributed by atoms with Crippen molar-refractivity contribution in [2.75, 3.05) is 7.11 Å². The van der Waals surface area contributed by atoms with Crippen molar-refractivity contribution in [2.45, 2.75) is 20.4 Å². The second-order valence-corrected chi connectivity index (χ2v) is 5.67. The first kappa shape index (κ1) is 15.8. The van der Waals surface area contributed by atoms with Gasteiger partial charge in [0.1, 0.15) is 18.0 Å². The average molecular weight is 318 g/mol. The summed E-state index contributed by atoms with van der Waals surface area (Å²) in [5.41, 5.74) is 5.83. The topological polar surface area (TPSA) is 63.7 Å². The van der Waals surface area contributed by atoms with Crippen molar-refractivity contribution in [1.82, 2.24) is 14.8 Å². The lowest BCUT2D eigenvalue weighted by molar-refractivity contribution is 0.414. The molecular formula is C19H18N4O. The summed E-state index contributed by atoms with van der Waals surface area (Å²) in [5.74, 6) is 0.789. The summed E-state index contributed by atoms with van der Waals surface area (Å²) in [7, 11) is 1.65. The second kappa shape index (κ2) is 6.55. The Balaban J connectivity index is 2.20. The van der Waals surface area contributed by atoms with E-state index in [-0.39, 0.29) is 6.54 Å². The van der Waals surface area contributed by atoms with Crippen LogP contribution < -0.4 is 4.74 Å². The summed E-state index contributed by atoms with van der Waals surface area (Å²) in [6.45, 7) is 4.19. The lowest BCUT2D eigenvalue weighted by atomic mass is 10.0. The molecular weight excluding hydrogens is 300 g/mol. The molecule has 0 spiro atoms. The highest BCUT2D eigenvalue weighted by Crippen LogP contribution is 2.33. The molecule has 0 fully saturated rings. The molecule has 5 heteroatoms. The number of nitriles is 1. The van der Waals surface area contributed by atoms with E-state index in [9.17, 15) is 0 Å². The summed E-state index contributed by atoms with van der Waals surface area (Å²) in [5, 5.41) is 13.6. The number of ether oxygens (including phenoxy) is 1. The zero-order valence-electron chi connectivity index (χ0n) is 13.9. The van der Waals surface area contributed by atoms with Gasteiger partial charge in [-0.05, 0) is 55.3 Å². The van der Waals surface area contributed by atoms with Crippen LogP contribution in [0.5, 0.6) is 5.75 Å². The minimum absolute atomic E-state index is 0.208. The summed E-state index contributed by atoms with van der Waals surface area (Å²) >= 11 is 0. The molecule has 1 aromatic carbocycles. The molecule has 0 atom stereocenters. The van der Waals surface area contributed by atoms with Crippen LogP contribution in [0.2, 0.25) is 0 Å². The van der Waals surface area contributed by atoms with Gasteiger partial charge in [-0.2, -0.15) is 10.4 Å². The number of aryl methyl sites for hydroxylation is 2. The summed E-state index contributed by atoms with van der Waals surface area (Å²) < 4.78 is 7.04. The molecule has 3 aromatic rings. The highest BCUT2D eigenvalue weighted by atomic mass is 16.5.